The Morgan fingerprint density at radius 1 is 1.64 bits per heavy atom. The lowest BCUT2D eigenvalue weighted by atomic mass is 9.71. The number of aromatic nitrogens is 2. The number of aryl methyl sites for hydroxylation is 1. The topological polar surface area (TPSA) is 43.8 Å². The molecule has 0 saturated heterocycles. The van der Waals surface area contributed by atoms with Crippen LogP contribution in [0.15, 0.2) is 12.5 Å². The fourth-order valence-electron chi connectivity index (χ4n) is 2.24. The van der Waals surface area contributed by atoms with Crippen LogP contribution in [-0.2, 0) is 12.1 Å². The Bertz CT molecular complexity index is 310. The maximum absolute atomic E-state index is 6.40. The van der Waals surface area contributed by atoms with Crippen LogP contribution in [0.25, 0.3) is 0 Å². The summed E-state index contributed by atoms with van der Waals surface area (Å²) in [6.45, 7) is 5.22. The molecule has 1 saturated carbocycles. The Kier molecular flexibility index (Phi) is 2.35. The Balaban J connectivity index is 2.27. The third-order valence-electron chi connectivity index (χ3n) is 3.56. The number of hydrogen-bond donors (Lipinski definition) is 1. The minimum absolute atomic E-state index is 0.190. The molecular weight excluding hydrogens is 174 g/mol. The molecule has 0 radical (unpaired) electrons. The highest BCUT2D eigenvalue weighted by Crippen LogP contribution is 2.40. The monoisotopic (exact) mass is 193 g/mol. The van der Waals surface area contributed by atoms with Crippen LogP contribution in [-0.4, -0.2) is 9.55 Å². The molecule has 2 N–H and O–H groups in total. The highest BCUT2D eigenvalue weighted by atomic mass is 15.1. The number of rotatable bonds is 3. The van der Waals surface area contributed by atoms with Gasteiger partial charge in [-0.3, -0.25) is 0 Å². The molecule has 2 rings (SSSR count). The molecule has 0 aromatic carbocycles. The Morgan fingerprint density at radius 2 is 2.36 bits per heavy atom. The second-order valence-corrected chi connectivity index (χ2v) is 4.48. The molecule has 0 aliphatic heterocycles. The molecule has 1 aromatic rings. The Hall–Kier alpha value is -0.830. The predicted molar refractivity (Wildman–Crippen MR) is 56.8 cm³/mol. The lowest BCUT2D eigenvalue weighted by Gasteiger charge is -2.40. The molecule has 1 atom stereocenters. The van der Waals surface area contributed by atoms with Gasteiger partial charge in [0.1, 0.15) is 0 Å². The second kappa shape index (κ2) is 3.39. The van der Waals surface area contributed by atoms with Gasteiger partial charge in [0.15, 0.2) is 0 Å². The van der Waals surface area contributed by atoms with Gasteiger partial charge in [-0.15, -0.1) is 0 Å². The first-order valence-electron chi connectivity index (χ1n) is 5.45. The molecular formula is C11H19N3. The van der Waals surface area contributed by atoms with Gasteiger partial charge in [-0.1, -0.05) is 6.42 Å². The first kappa shape index (κ1) is 9.71. The summed E-state index contributed by atoms with van der Waals surface area (Å²) in [4.78, 5) is 4.18. The molecule has 78 valence electrons. The zero-order valence-corrected chi connectivity index (χ0v) is 9.03. The van der Waals surface area contributed by atoms with Crippen LogP contribution in [0.1, 0.15) is 38.8 Å². The van der Waals surface area contributed by atoms with Crippen LogP contribution in [0.2, 0.25) is 0 Å². The highest BCUT2D eigenvalue weighted by Gasteiger charge is 2.37. The van der Waals surface area contributed by atoms with Crippen molar-refractivity contribution in [2.75, 3.05) is 0 Å². The molecule has 1 unspecified atom stereocenters. The molecule has 1 aliphatic rings. The quantitative estimate of drug-likeness (QED) is 0.796. The number of nitrogens with zero attached hydrogens (tertiary/aromatic N) is 2. The van der Waals surface area contributed by atoms with Crippen molar-refractivity contribution in [3.63, 3.8) is 0 Å². The minimum atomic E-state index is -0.190. The van der Waals surface area contributed by atoms with E-state index in [1.165, 1.54) is 25.0 Å². The van der Waals surface area contributed by atoms with E-state index in [1.807, 2.05) is 12.5 Å². The van der Waals surface area contributed by atoms with E-state index in [1.54, 1.807) is 0 Å². The van der Waals surface area contributed by atoms with E-state index in [0.29, 0.717) is 5.92 Å². The third kappa shape index (κ3) is 1.36. The van der Waals surface area contributed by atoms with Crippen molar-refractivity contribution in [1.29, 1.82) is 0 Å². The van der Waals surface area contributed by atoms with Crippen molar-refractivity contribution in [3.8, 4) is 0 Å². The molecule has 1 heterocycles. The SMILES string of the molecule is CCn1cncc1C(C)(N)C1CCC1. The fraction of sp³-hybridized carbons (Fsp3) is 0.727. The summed E-state index contributed by atoms with van der Waals surface area (Å²) < 4.78 is 2.15. The van der Waals surface area contributed by atoms with Gasteiger partial charge in [0, 0.05) is 6.54 Å². The first-order chi connectivity index (χ1) is 6.66. The van der Waals surface area contributed by atoms with E-state index < -0.39 is 0 Å². The van der Waals surface area contributed by atoms with Gasteiger partial charge in [-0.2, -0.15) is 0 Å². The second-order valence-electron chi connectivity index (χ2n) is 4.48. The average Bonchev–Trinajstić information content (AvgIpc) is 2.46. The summed E-state index contributed by atoms with van der Waals surface area (Å²) in [5, 5.41) is 0. The van der Waals surface area contributed by atoms with Crippen LogP contribution in [0.4, 0.5) is 0 Å². The van der Waals surface area contributed by atoms with Crippen molar-refractivity contribution in [2.45, 2.75) is 45.2 Å². The number of nitrogens with two attached hydrogens (primary N) is 1. The van der Waals surface area contributed by atoms with Gasteiger partial charge in [-0.25, -0.2) is 4.98 Å². The summed E-state index contributed by atoms with van der Waals surface area (Å²) >= 11 is 0. The van der Waals surface area contributed by atoms with Crippen LogP contribution < -0.4 is 5.73 Å². The molecule has 0 spiro atoms. The van der Waals surface area contributed by atoms with Crippen LogP contribution in [0.3, 0.4) is 0 Å². The van der Waals surface area contributed by atoms with E-state index in [2.05, 4.69) is 23.4 Å². The molecule has 0 amide bonds. The predicted octanol–water partition coefficient (Wildman–Crippen LogP) is 1.88. The van der Waals surface area contributed by atoms with Crippen LogP contribution >= 0.6 is 0 Å². The van der Waals surface area contributed by atoms with E-state index in [0.717, 1.165) is 6.54 Å². The maximum Gasteiger partial charge on any atom is 0.0948 e. The van der Waals surface area contributed by atoms with Crippen molar-refractivity contribution < 1.29 is 0 Å². The summed E-state index contributed by atoms with van der Waals surface area (Å²) in [5.41, 5.74) is 7.40. The summed E-state index contributed by atoms with van der Waals surface area (Å²) in [5.74, 6) is 0.643. The number of hydrogen-bond acceptors (Lipinski definition) is 2. The molecule has 1 aliphatic carbocycles. The van der Waals surface area contributed by atoms with Crippen molar-refractivity contribution in [1.82, 2.24) is 9.55 Å². The van der Waals surface area contributed by atoms with Gasteiger partial charge < -0.3 is 10.3 Å². The third-order valence-corrected chi connectivity index (χ3v) is 3.56. The summed E-state index contributed by atoms with van der Waals surface area (Å²) in [6.07, 6.45) is 7.66. The first-order valence-corrected chi connectivity index (χ1v) is 5.45. The summed E-state index contributed by atoms with van der Waals surface area (Å²) in [7, 11) is 0. The largest absolute Gasteiger partial charge is 0.333 e. The normalized spacial score (nSPS) is 21.6. The molecule has 14 heavy (non-hydrogen) atoms. The van der Waals surface area contributed by atoms with Gasteiger partial charge in [-0.05, 0) is 32.6 Å². The molecule has 0 bridgehead atoms. The molecule has 3 nitrogen and oxygen atoms in total. The highest BCUT2D eigenvalue weighted by molar-refractivity contribution is 5.14. The van der Waals surface area contributed by atoms with Gasteiger partial charge >= 0.3 is 0 Å². The zero-order valence-electron chi connectivity index (χ0n) is 9.03. The smallest absolute Gasteiger partial charge is 0.0948 e. The van der Waals surface area contributed by atoms with E-state index >= 15 is 0 Å². The number of imidazole rings is 1. The van der Waals surface area contributed by atoms with Gasteiger partial charge in [0.05, 0.1) is 23.8 Å². The lowest BCUT2D eigenvalue weighted by Crippen LogP contribution is -2.45. The molecule has 3 heteroatoms. The van der Waals surface area contributed by atoms with E-state index in [-0.39, 0.29) is 5.54 Å². The van der Waals surface area contributed by atoms with Crippen molar-refractivity contribution >= 4 is 0 Å². The van der Waals surface area contributed by atoms with Gasteiger partial charge in [0.25, 0.3) is 0 Å². The van der Waals surface area contributed by atoms with Crippen LogP contribution in [0.5, 0.6) is 0 Å². The lowest BCUT2D eigenvalue weighted by molar-refractivity contribution is 0.175. The maximum atomic E-state index is 6.40. The average molecular weight is 193 g/mol. The summed E-state index contributed by atoms with van der Waals surface area (Å²) in [6, 6.07) is 0. The minimum Gasteiger partial charge on any atom is -0.333 e. The molecule has 1 fully saturated rings. The molecule has 1 aromatic heterocycles. The zero-order chi connectivity index (χ0) is 10.2. The fourth-order valence-corrected chi connectivity index (χ4v) is 2.24. The van der Waals surface area contributed by atoms with E-state index in [4.69, 9.17) is 5.73 Å². The van der Waals surface area contributed by atoms with Crippen molar-refractivity contribution in [2.24, 2.45) is 11.7 Å². The standard InChI is InChI=1S/C11H19N3/c1-3-14-8-13-7-10(14)11(2,12)9-5-4-6-9/h7-9H,3-6,12H2,1-2H3. The Labute approximate surface area is 85.3 Å². The Morgan fingerprint density at radius 3 is 2.86 bits per heavy atom. The van der Waals surface area contributed by atoms with E-state index in [9.17, 15) is 0 Å². The van der Waals surface area contributed by atoms with Crippen LogP contribution in [0, 0.1) is 5.92 Å². The van der Waals surface area contributed by atoms with Crippen molar-refractivity contribution in [3.05, 3.63) is 18.2 Å². The van der Waals surface area contributed by atoms with Gasteiger partial charge in [0.2, 0.25) is 0 Å².